The minimum atomic E-state index is -0.598. The summed E-state index contributed by atoms with van der Waals surface area (Å²) in [5, 5.41) is 9.06. The van der Waals surface area contributed by atoms with E-state index in [1.807, 2.05) is 0 Å². The highest BCUT2D eigenvalue weighted by molar-refractivity contribution is 5.67. The van der Waals surface area contributed by atoms with E-state index in [1.165, 1.54) is 51.4 Å². The van der Waals surface area contributed by atoms with Crippen LogP contribution in [0.5, 0.6) is 0 Å². The van der Waals surface area contributed by atoms with Gasteiger partial charge in [0.25, 0.3) is 0 Å². The predicted octanol–water partition coefficient (Wildman–Crippen LogP) is 3.67. The lowest BCUT2D eigenvalue weighted by Crippen LogP contribution is -2.50. The first-order valence-corrected chi connectivity index (χ1v) is 9.20. The van der Waals surface area contributed by atoms with Crippen molar-refractivity contribution in [1.29, 1.82) is 0 Å². The van der Waals surface area contributed by atoms with E-state index in [-0.39, 0.29) is 0 Å². The molecule has 2 heterocycles. The van der Waals surface area contributed by atoms with Crippen LogP contribution >= 0.6 is 0 Å². The van der Waals surface area contributed by atoms with Crippen molar-refractivity contribution >= 4 is 5.97 Å². The highest BCUT2D eigenvalue weighted by Gasteiger charge is 2.46. The molecule has 4 aliphatic rings. The molecule has 2 aliphatic heterocycles. The van der Waals surface area contributed by atoms with E-state index in [0.717, 1.165) is 30.7 Å². The Kier molecular flexibility index (Phi) is 3.72. The number of rotatable bonds is 4. The van der Waals surface area contributed by atoms with E-state index in [0.29, 0.717) is 24.4 Å². The molecule has 1 N–H and O–H groups in total. The van der Waals surface area contributed by atoms with Crippen molar-refractivity contribution in [3.63, 3.8) is 0 Å². The van der Waals surface area contributed by atoms with Crippen molar-refractivity contribution in [2.24, 2.45) is 17.8 Å². The second-order valence-electron chi connectivity index (χ2n) is 8.19. The molecule has 0 aromatic rings. The highest BCUT2D eigenvalue weighted by atomic mass is 16.4. The van der Waals surface area contributed by atoms with Crippen LogP contribution in [0.15, 0.2) is 0 Å². The summed E-state index contributed by atoms with van der Waals surface area (Å²) in [5.41, 5.74) is 0. The van der Waals surface area contributed by atoms with Gasteiger partial charge in [-0.15, -0.1) is 0 Å². The van der Waals surface area contributed by atoms with Gasteiger partial charge in [0.1, 0.15) is 0 Å². The lowest BCUT2D eigenvalue weighted by atomic mass is 9.79. The lowest BCUT2D eigenvalue weighted by Gasteiger charge is -2.46. The second-order valence-corrected chi connectivity index (χ2v) is 8.19. The van der Waals surface area contributed by atoms with Gasteiger partial charge in [-0.25, -0.2) is 0 Å². The van der Waals surface area contributed by atoms with Crippen molar-refractivity contribution in [1.82, 2.24) is 4.90 Å². The Bertz CT molecular complexity index is 392. The second kappa shape index (κ2) is 5.57. The van der Waals surface area contributed by atoms with Crippen molar-refractivity contribution in [2.45, 2.75) is 88.8 Å². The number of piperidine rings is 1. The summed E-state index contributed by atoms with van der Waals surface area (Å²) in [6.45, 7) is 0. The zero-order valence-corrected chi connectivity index (χ0v) is 13.0. The molecule has 0 aromatic heterocycles. The summed E-state index contributed by atoms with van der Waals surface area (Å²) >= 11 is 0. The molecule has 2 bridgehead atoms. The maximum atomic E-state index is 11.0. The SMILES string of the molecule is O=C(O)CC1CC2CCC(C1)N2C1CCCC(C2CC2)C1. The Morgan fingerprint density at radius 1 is 0.857 bits per heavy atom. The number of carboxylic acid groups (broad SMARTS) is 1. The van der Waals surface area contributed by atoms with Crippen LogP contribution in [0.1, 0.15) is 70.6 Å². The zero-order valence-electron chi connectivity index (χ0n) is 13.0. The molecular weight excluding hydrogens is 262 g/mol. The third-order valence-electron chi connectivity index (χ3n) is 6.75. The van der Waals surface area contributed by atoms with Crippen LogP contribution in [-0.4, -0.2) is 34.1 Å². The molecule has 118 valence electrons. The van der Waals surface area contributed by atoms with Crippen LogP contribution in [-0.2, 0) is 4.79 Å². The van der Waals surface area contributed by atoms with Gasteiger partial charge < -0.3 is 5.11 Å². The lowest BCUT2D eigenvalue weighted by molar-refractivity contribution is -0.138. The third kappa shape index (κ3) is 2.86. The fourth-order valence-corrected chi connectivity index (χ4v) is 5.80. The molecule has 4 rings (SSSR count). The van der Waals surface area contributed by atoms with E-state index >= 15 is 0 Å². The molecule has 2 saturated carbocycles. The summed E-state index contributed by atoms with van der Waals surface area (Å²) in [4.78, 5) is 13.9. The molecule has 21 heavy (non-hydrogen) atoms. The highest BCUT2D eigenvalue weighted by Crippen LogP contribution is 2.48. The minimum Gasteiger partial charge on any atom is -0.481 e. The van der Waals surface area contributed by atoms with E-state index in [9.17, 15) is 4.79 Å². The molecule has 2 aliphatic carbocycles. The molecule has 4 unspecified atom stereocenters. The molecule has 4 fully saturated rings. The Hall–Kier alpha value is -0.570. The van der Waals surface area contributed by atoms with Crippen LogP contribution in [0.2, 0.25) is 0 Å². The average Bonchev–Trinajstić information content (AvgIpc) is 3.25. The summed E-state index contributed by atoms with van der Waals surface area (Å²) in [5.74, 6) is 1.92. The number of fused-ring (bicyclic) bond motifs is 2. The van der Waals surface area contributed by atoms with Crippen LogP contribution < -0.4 is 0 Å². The van der Waals surface area contributed by atoms with Crippen LogP contribution in [0.3, 0.4) is 0 Å². The van der Waals surface area contributed by atoms with Crippen LogP contribution in [0, 0.1) is 17.8 Å². The molecular formula is C18H29NO2. The smallest absolute Gasteiger partial charge is 0.303 e. The van der Waals surface area contributed by atoms with Gasteiger partial charge in [0.15, 0.2) is 0 Å². The quantitative estimate of drug-likeness (QED) is 0.859. The van der Waals surface area contributed by atoms with Gasteiger partial charge in [-0.05, 0) is 69.1 Å². The van der Waals surface area contributed by atoms with E-state index < -0.39 is 5.97 Å². The molecule has 4 atom stereocenters. The van der Waals surface area contributed by atoms with E-state index in [1.54, 1.807) is 0 Å². The summed E-state index contributed by atoms with van der Waals surface area (Å²) in [6, 6.07) is 2.24. The predicted molar refractivity (Wildman–Crippen MR) is 82.1 cm³/mol. The minimum absolute atomic E-state index is 0.399. The summed E-state index contributed by atoms with van der Waals surface area (Å²) < 4.78 is 0. The Balaban J connectivity index is 1.40. The number of aliphatic carboxylic acids is 1. The normalized spacial score (nSPS) is 43.9. The van der Waals surface area contributed by atoms with Gasteiger partial charge in [0.05, 0.1) is 0 Å². The van der Waals surface area contributed by atoms with Gasteiger partial charge in [0.2, 0.25) is 0 Å². The first-order chi connectivity index (χ1) is 10.2. The number of carbonyl (C=O) groups is 1. The Labute approximate surface area is 128 Å². The first-order valence-electron chi connectivity index (χ1n) is 9.20. The van der Waals surface area contributed by atoms with Gasteiger partial charge in [0, 0.05) is 24.5 Å². The maximum Gasteiger partial charge on any atom is 0.303 e. The molecule has 3 heteroatoms. The molecule has 0 spiro atoms. The van der Waals surface area contributed by atoms with Crippen molar-refractivity contribution in [2.75, 3.05) is 0 Å². The first kappa shape index (κ1) is 14.0. The number of hydrogen-bond acceptors (Lipinski definition) is 2. The fourth-order valence-electron chi connectivity index (χ4n) is 5.80. The standard InChI is InChI=1S/C18H29NO2/c20-18(21)10-12-8-16-6-7-17(9-12)19(16)15-3-1-2-14(11-15)13-4-5-13/h12-17H,1-11H2,(H,20,21). The third-order valence-corrected chi connectivity index (χ3v) is 6.75. The molecule has 0 radical (unpaired) electrons. The summed E-state index contributed by atoms with van der Waals surface area (Å²) in [7, 11) is 0. The molecule has 0 aromatic carbocycles. The van der Waals surface area contributed by atoms with Crippen molar-refractivity contribution in [3.05, 3.63) is 0 Å². The van der Waals surface area contributed by atoms with Crippen LogP contribution in [0.25, 0.3) is 0 Å². The van der Waals surface area contributed by atoms with Gasteiger partial charge in [-0.2, -0.15) is 0 Å². The van der Waals surface area contributed by atoms with E-state index in [4.69, 9.17) is 5.11 Å². The van der Waals surface area contributed by atoms with Gasteiger partial charge in [-0.1, -0.05) is 12.8 Å². The maximum absolute atomic E-state index is 11.0. The molecule has 0 amide bonds. The largest absolute Gasteiger partial charge is 0.481 e. The van der Waals surface area contributed by atoms with Gasteiger partial charge in [-0.3, -0.25) is 9.69 Å². The van der Waals surface area contributed by atoms with Crippen molar-refractivity contribution < 1.29 is 9.90 Å². The number of hydrogen-bond donors (Lipinski definition) is 1. The Morgan fingerprint density at radius 2 is 1.52 bits per heavy atom. The number of nitrogens with zero attached hydrogens (tertiary/aromatic N) is 1. The average molecular weight is 291 g/mol. The summed E-state index contributed by atoms with van der Waals surface area (Å²) in [6.07, 6.45) is 14.1. The number of carboxylic acids is 1. The molecule has 2 saturated heterocycles. The molecule has 3 nitrogen and oxygen atoms in total. The topological polar surface area (TPSA) is 40.5 Å². The fraction of sp³-hybridized carbons (Fsp3) is 0.944. The van der Waals surface area contributed by atoms with Crippen molar-refractivity contribution in [3.8, 4) is 0 Å². The van der Waals surface area contributed by atoms with E-state index in [2.05, 4.69) is 4.90 Å². The van der Waals surface area contributed by atoms with Crippen LogP contribution in [0.4, 0.5) is 0 Å². The zero-order chi connectivity index (χ0) is 14.4. The monoisotopic (exact) mass is 291 g/mol. The van der Waals surface area contributed by atoms with Gasteiger partial charge >= 0.3 is 5.97 Å². The Morgan fingerprint density at radius 3 is 2.14 bits per heavy atom.